The summed E-state index contributed by atoms with van der Waals surface area (Å²) in [5, 5.41) is 0. The lowest BCUT2D eigenvalue weighted by molar-refractivity contribution is 1.14. The highest BCUT2D eigenvalue weighted by Gasteiger charge is 1.95. The molecule has 0 nitrogen and oxygen atoms in total. The van der Waals surface area contributed by atoms with Gasteiger partial charge in [0.1, 0.15) is 0 Å². The van der Waals surface area contributed by atoms with Crippen LogP contribution in [0.25, 0.3) is 5.57 Å². The van der Waals surface area contributed by atoms with E-state index in [-0.39, 0.29) is 0 Å². The zero-order chi connectivity index (χ0) is 12.8. The normalized spacial score (nSPS) is 12.7. The molecule has 0 N–H and O–H groups in total. The largest absolute Gasteiger partial charge is 0.0958 e. The smallest absolute Gasteiger partial charge is 0.0227 e. The van der Waals surface area contributed by atoms with Gasteiger partial charge in [0, 0.05) is 0 Å². The summed E-state index contributed by atoms with van der Waals surface area (Å²) in [6.07, 6.45) is 5.38. The molecule has 0 aliphatic rings. The second-order valence-electron chi connectivity index (χ2n) is 4.53. The van der Waals surface area contributed by atoms with Gasteiger partial charge in [-0.15, -0.1) is 0 Å². The molecule has 0 saturated heterocycles. The summed E-state index contributed by atoms with van der Waals surface area (Å²) in [6, 6.07) is 8.77. The van der Waals surface area contributed by atoms with Crippen LogP contribution >= 0.6 is 0 Å². The lowest BCUT2D eigenvalue weighted by Gasteiger charge is -2.03. The van der Waals surface area contributed by atoms with Gasteiger partial charge in [-0.1, -0.05) is 55.5 Å². The van der Waals surface area contributed by atoms with E-state index in [0.717, 1.165) is 12.0 Å². The van der Waals surface area contributed by atoms with Gasteiger partial charge in [0.05, 0.1) is 0 Å². The fourth-order valence-electron chi connectivity index (χ4n) is 1.49. The summed E-state index contributed by atoms with van der Waals surface area (Å²) in [6.45, 7) is 12.4. The third-order valence-electron chi connectivity index (χ3n) is 3.07. The molecule has 0 aromatic heterocycles. The highest BCUT2D eigenvalue weighted by molar-refractivity contribution is 5.65. The van der Waals surface area contributed by atoms with E-state index >= 15 is 0 Å². The van der Waals surface area contributed by atoms with Crippen molar-refractivity contribution in [2.75, 3.05) is 0 Å². The maximum absolute atomic E-state index is 3.93. The van der Waals surface area contributed by atoms with Crippen molar-refractivity contribution in [3.05, 3.63) is 65.3 Å². The Labute approximate surface area is 105 Å². The molecule has 1 rings (SSSR count). The number of hydrogen-bond acceptors (Lipinski definition) is 0. The molecule has 0 unspecified atom stereocenters. The fourth-order valence-corrected chi connectivity index (χ4v) is 1.49. The van der Waals surface area contributed by atoms with Crippen molar-refractivity contribution in [1.29, 1.82) is 0 Å². The van der Waals surface area contributed by atoms with Crippen LogP contribution < -0.4 is 0 Å². The second kappa shape index (κ2) is 6.24. The number of rotatable bonds is 4. The van der Waals surface area contributed by atoms with E-state index in [2.05, 4.69) is 63.8 Å². The summed E-state index contributed by atoms with van der Waals surface area (Å²) < 4.78 is 0. The first kappa shape index (κ1) is 13.5. The molecule has 90 valence electrons. The number of allylic oxidation sites excluding steroid dienone is 5. The maximum Gasteiger partial charge on any atom is -0.0227 e. The molecule has 0 atom stereocenters. The van der Waals surface area contributed by atoms with Crippen molar-refractivity contribution >= 4 is 5.57 Å². The fraction of sp³-hybridized carbons (Fsp3) is 0.294. The Hall–Kier alpha value is -1.56. The van der Waals surface area contributed by atoms with Gasteiger partial charge >= 0.3 is 0 Å². The van der Waals surface area contributed by atoms with Crippen molar-refractivity contribution in [2.24, 2.45) is 0 Å². The van der Waals surface area contributed by atoms with Gasteiger partial charge in [-0.05, 0) is 49.5 Å². The summed E-state index contributed by atoms with van der Waals surface area (Å²) in [5.74, 6) is 0. The SMILES string of the molecule is C=C(C)/C(C)=C/C=C(\C)c1ccc(CC)cc1. The molecule has 0 heterocycles. The number of benzene rings is 1. The van der Waals surface area contributed by atoms with E-state index in [9.17, 15) is 0 Å². The molecular formula is C17H22. The van der Waals surface area contributed by atoms with Crippen molar-refractivity contribution in [2.45, 2.75) is 34.1 Å². The van der Waals surface area contributed by atoms with Gasteiger partial charge in [-0.2, -0.15) is 0 Å². The van der Waals surface area contributed by atoms with E-state index in [4.69, 9.17) is 0 Å². The van der Waals surface area contributed by atoms with E-state index in [1.165, 1.54) is 22.3 Å². The zero-order valence-electron chi connectivity index (χ0n) is 11.4. The summed E-state index contributed by atoms with van der Waals surface area (Å²) in [4.78, 5) is 0. The molecule has 0 bridgehead atoms. The monoisotopic (exact) mass is 226 g/mol. The molecule has 17 heavy (non-hydrogen) atoms. The molecule has 0 saturated carbocycles. The number of aryl methyl sites for hydroxylation is 1. The predicted molar refractivity (Wildman–Crippen MR) is 78.0 cm³/mol. The second-order valence-corrected chi connectivity index (χ2v) is 4.53. The zero-order valence-corrected chi connectivity index (χ0v) is 11.4. The molecular weight excluding hydrogens is 204 g/mol. The van der Waals surface area contributed by atoms with E-state index in [1.807, 2.05) is 6.92 Å². The average molecular weight is 226 g/mol. The van der Waals surface area contributed by atoms with E-state index in [0.29, 0.717) is 0 Å². The first-order valence-corrected chi connectivity index (χ1v) is 6.15. The van der Waals surface area contributed by atoms with E-state index in [1.54, 1.807) is 0 Å². The van der Waals surface area contributed by atoms with Crippen LogP contribution in [0.3, 0.4) is 0 Å². The number of hydrogen-bond donors (Lipinski definition) is 0. The van der Waals surface area contributed by atoms with Crippen LogP contribution in [0.4, 0.5) is 0 Å². The third-order valence-corrected chi connectivity index (χ3v) is 3.07. The minimum atomic E-state index is 1.09. The van der Waals surface area contributed by atoms with Gasteiger partial charge in [0.15, 0.2) is 0 Å². The third kappa shape index (κ3) is 4.07. The van der Waals surface area contributed by atoms with Crippen molar-refractivity contribution in [1.82, 2.24) is 0 Å². The van der Waals surface area contributed by atoms with Gasteiger partial charge < -0.3 is 0 Å². The first-order valence-electron chi connectivity index (χ1n) is 6.15. The Balaban J connectivity index is 2.88. The Morgan fingerprint density at radius 3 is 2.12 bits per heavy atom. The minimum absolute atomic E-state index is 1.09. The summed E-state index contributed by atoms with van der Waals surface area (Å²) >= 11 is 0. The highest BCUT2D eigenvalue weighted by atomic mass is 14.0. The van der Waals surface area contributed by atoms with Gasteiger partial charge in [-0.3, -0.25) is 0 Å². The highest BCUT2D eigenvalue weighted by Crippen LogP contribution is 2.16. The summed E-state index contributed by atoms with van der Waals surface area (Å²) in [5.41, 5.74) is 6.31. The van der Waals surface area contributed by atoms with Crippen LogP contribution in [-0.2, 0) is 6.42 Å². The quantitative estimate of drug-likeness (QED) is 0.621. The molecule has 0 heteroatoms. The molecule has 0 amide bonds. The molecule has 0 spiro atoms. The van der Waals surface area contributed by atoms with Crippen LogP contribution in [0.1, 0.15) is 38.8 Å². The van der Waals surface area contributed by atoms with Crippen LogP contribution in [0.15, 0.2) is 54.1 Å². The Morgan fingerprint density at radius 2 is 1.65 bits per heavy atom. The molecule has 1 aromatic rings. The first-order chi connectivity index (χ1) is 8.04. The average Bonchev–Trinajstić information content (AvgIpc) is 2.35. The maximum atomic E-state index is 3.93. The minimum Gasteiger partial charge on any atom is -0.0958 e. The molecule has 0 fully saturated rings. The van der Waals surface area contributed by atoms with Gasteiger partial charge in [0.2, 0.25) is 0 Å². The van der Waals surface area contributed by atoms with Gasteiger partial charge in [0.25, 0.3) is 0 Å². The van der Waals surface area contributed by atoms with Crippen molar-refractivity contribution in [3.63, 3.8) is 0 Å². The van der Waals surface area contributed by atoms with Gasteiger partial charge in [-0.25, -0.2) is 0 Å². The van der Waals surface area contributed by atoms with Crippen molar-refractivity contribution < 1.29 is 0 Å². The lowest BCUT2D eigenvalue weighted by atomic mass is 10.0. The Kier molecular flexibility index (Phi) is 4.96. The molecule has 0 aliphatic heterocycles. The van der Waals surface area contributed by atoms with E-state index < -0.39 is 0 Å². The van der Waals surface area contributed by atoms with Crippen LogP contribution in [0.5, 0.6) is 0 Å². The Bertz CT molecular complexity index is 441. The van der Waals surface area contributed by atoms with Crippen LogP contribution in [-0.4, -0.2) is 0 Å². The van der Waals surface area contributed by atoms with Crippen LogP contribution in [0.2, 0.25) is 0 Å². The molecule has 0 radical (unpaired) electrons. The predicted octanol–water partition coefficient (Wildman–Crippen LogP) is 5.17. The standard InChI is InChI=1S/C17H22/c1-6-16-9-11-17(12-10-16)15(5)8-7-14(4)13(2)3/h7-12H,2,6H2,1,3-5H3/b14-7+,15-8+. The summed E-state index contributed by atoms with van der Waals surface area (Å²) in [7, 11) is 0. The Morgan fingerprint density at radius 1 is 1.06 bits per heavy atom. The van der Waals surface area contributed by atoms with Crippen molar-refractivity contribution in [3.8, 4) is 0 Å². The topological polar surface area (TPSA) is 0 Å². The lowest BCUT2D eigenvalue weighted by Crippen LogP contribution is -1.83. The molecule has 0 aliphatic carbocycles. The molecule has 1 aromatic carbocycles. The van der Waals surface area contributed by atoms with Crippen LogP contribution in [0, 0.1) is 0 Å².